The van der Waals surface area contributed by atoms with E-state index in [-0.39, 0.29) is 18.0 Å². The van der Waals surface area contributed by atoms with Crippen molar-refractivity contribution in [1.29, 1.82) is 5.26 Å². The van der Waals surface area contributed by atoms with Gasteiger partial charge in [0.1, 0.15) is 11.4 Å². The maximum Gasteiger partial charge on any atom is 0.247 e. The van der Waals surface area contributed by atoms with Crippen molar-refractivity contribution in [3.63, 3.8) is 0 Å². The molecule has 7 heteroatoms. The van der Waals surface area contributed by atoms with Gasteiger partial charge in [-0.25, -0.2) is 8.42 Å². The van der Waals surface area contributed by atoms with Gasteiger partial charge < -0.3 is 0 Å². The molecule has 0 bridgehead atoms. The molecule has 0 radical (unpaired) electrons. The van der Waals surface area contributed by atoms with Crippen molar-refractivity contribution in [1.82, 2.24) is 14.1 Å². The highest BCUT2D eigenvalue weighted by Crippen LogP contribution is 2.13. The van der Waals surface area contributed by atoms with Gasteiger partial charge in [-0.2, -0.15) is 14.7 Å². The molecule has 1 aromatic rings. The summed E-state index contributed by atoms with van der Waals surface area (Å²) in [5, 5.41) is 12.3. The van der Waals surface area contributed by atoms with E-state index in [0.29, 0.717) is 0 Å². The van der Waals surface area contributed by atoms with Crippen molar-refractivity contribution in [3.8, 4) is 6.07 Å². The Morgan fingerprint density at radius 2 is 2.33 bits per heavy atom. The summed E-state index contributed by atoms with van der Waals surface area (Å²) in [4.78, 5) is 0.113. The van der Waals surface area contributed by atoms with E-state index < -0.39 is 10.0 Å². The van der Waals surface area contributed by atoms with Crippen LogP contribution >= 0.6 is 0 Å². The molecule has 0 atom stereocenters. The third kappa shape index (κ3) is 2.34. The first kappa shape index (κ1) is 11.7. The number of nitrogens with zero attached hydrogens (tertiary/aromatic N) is 4. The van der Waals surface area contributed by atoms with Crippen LogP contribution in [0.2, 0.25) is 0 Å². The molecule has 0 saturated carbocycles. The van der Waals surface area contributed by atoms with Gasteiger partial charge in [0.05, 0.1) is 12.3 Å². The van der Waals surface area contributed by atoms with Crippen LogP contribution in [0.25, 0.3) is 0 Å². The Labute approximate surface area is 88.8 Å². The molecule has 6 nitrogen and oxygen atoms in total. The average molecular weight is 228 g/mol. The molecular formula is C8H12N4O2S. The molecule has 15 heavy (non-hydrogen) atoms. The Bertz CT molecular complexity index is 471. The Morgan fingerprint density at radius 1 is 1.67 bits per heavy atom. The van der Waals surface area contributed by atoms with Gasteiger partial charge >= 0.3 is 0 Å². The summed E-state index contributed by atoms with van der Waals surface area (Å²) < 4.78 is 26.3. The topological polar surface area (TPSA) is 79.0 Å². The molecule has 0 aliphatic rings. The van der Waals surface area contributed by atoms with Gasteiger partial charge in [-0.05, 0) is 0 Å². The van der Waals surface area contributed by atoms with E-state index in [1.807, 2.05) is 6.07 Å². The maximum atomic E-state index is 11.9. The van der Waals surface area contributed by atoms with E-state index in [4.69, 9.17) is 5.26 Å². The molecule has 0 saturated heterocycles. The number of hydrogen-bond acceptors (Lipinski definition) is 4. The Hall–Kier alpha value is -1.39. The normalized spacial score (nSPS) is 11.6. The van der Waals surface area contributed by atoms with Crippen LogP contribution in [0.4, 0.5) is 0 Å². The summed E-state index contributed by atoms with van der Waals surface area (Å²) >= 11 is 0. The molecule has 1 aromatic heterocycles. The zero-order valence-electron chi connectivity index (χ0n) is 8.58. The lowest BCUT2D eigenvalue weighted by Crippen LogP contribution is -2.31. The lowest BCUT2D eigenvalue weighted by molar-refractivity contribution is 0.462. The first-order valence-corrected chi connectivity index (χ1v) is 5.82. The van der Waals surface area contributed by atoms with Crippen molar-refractivity contribution in [2.75, 3.05) is 13.1 Å². The van der Waals surface area contributed by atoms with Crippen LogP contribution in [-0.2, 0) is 17.1 Å². The molecule has 0 fully saturated rings. The van der Waals surface area contributed by atoms with Crippen molar-refractivity contribution < 1.29 is 8.42 Å². The summed E-state index contributed by atoms with van der Waals surface area (Å²) in [6.45, 7) is 1.81. The molecule has 0 aromatic carbocycles. The second-order valence-electron chi connectivity index (χ2n) is 2.94. The van der Waals surface area contributed by atoms with Crippen molar-refractivity contribution in [2.45, 2.75) is 11.8 Å². The fourth-order valence-corrected chi connectivity index (χ4v) is 2.46. The third-order valence-electron chi connectivity index (χ3n) is 1.92. The van der Waals surface area contributed by atoms with E-state index in [9.17, 15) is 8.42 Å². The average Bonchev–Trinajstić information content (AvgIpc) is 2.61. The van der Waals surface area contributed by atoms with Crippen LogP contribution in [0.15, 0.2) is 17.3 Å². The zero-order chi connectivity index (χ0) is 11.5. The standard InChI is InChI=1S/C8H12N4O2S/c1-3-12(5-4-9)15(13,14)8-6-10-11(2)7-8/h6-7H,3,5H2,1-2H3. The largest absolute Gasteiger partial charge is 0.274 e. The molecule has 1 rings (SSSR count). The molecule has 0 amide bonds. The fourth-order valence-electron chi connectivity index (χ4n) is 1.13. The highest BCUT2D eigenvalue weighted by Gasteiger charge is 2.23. The monoisotopic (exact) mass is 228 g/mol. The van der Waals surface area contributed by atoms with E-state index in [0.717, 1.165) is 4.31 Å². The second-order valence-corrected chi connectivity index (χ2v) is 4.88. The van der Waals surface area contributed by atoms with Crippen molar-refractivity contribution in [2.24, 2.45) is 7.05 Å². The first-order valence-electron chi connectivity index (χ1n) is 4.38. The zero-order valence-corrected chi connectivity index (χ0v) is 9.40. The second kappa shape index (κ2) is 4.42. The SMILES string of the molecule is CCN(CC#N)S(=O)(=O)c1cnn(C)c1. The van der Waals surface area contributed by atoms with Crippen molar-refractivity contribution in [3.05, 3.63) is 12.4 Å². The van der Waals surface area contributed by atoms with Gasteiger partial charge in [0.15, 0.2) is 0 Å². The molecule has 1 heterocycles. The van der Waals surface area contributed by atoms with Gasteiger partial charge in [0, 0.05) is 19.8 Å². The number of aromatic nitrogens is 2. The first-order chi connectivity index (χ1) is 7.02. The minimum atomic E-state index is -3.56. The molecule has 0 spiro atoms. The van der Waals surface area contributed by atoms with Gasteiger partial charge in [-0.1, -0.05) is 6.92 Å². The lowest BCUT2D eigenvalue weighted by atomic mass is 10.6. The van der Waals surface area contributed by atoms with E-state index in [1.54, 1.807) is 14.0 Å². The van der Waals surface area contributed by atoms with Gasteiger partial charge in [-0.3, -0.25) is 4.68 Å². The summed E-state index contributed by atoms with van der Waals surface area (Å²) in [5.41, 5.74) is 0. The van der Waals surface area contributed by atoms with E-state index in [2.05, 4.69) is 5.10 Å². The van der Waals surface area contributed by atoms with Gasteiger partial charge in [0.25, 0.3) is 0 Å². The van der Waals surface area contributed by atoms with Crippen LogP contribution in [0, 0.1) is 11.3 Å². The Morgan fingerprint density at radius 3 is 2.73 bits per heavy atom. The Kier molecular flexibility index (Phi) is 3.44. The number of rotatable bonds is 4. The maximum absolute atomic E-state index is 11.9. The predicted octanol–water partition coefficient (Wildman–Crippen LogP) is -0.0457. The quantitative estimate of drug-likeness (QED) is 0.677. The summed E-state index contributed by atoms with van der Waals surface area (Å²) in [7, 11) is -1.93. The number of nitriles is 1. The van der Waals surface area contributed by atoms with Gasteiger partial charge in [0.2, 0.25) is 10.0 Å². The van der Waals surface area contributed by atoms with Crippen LogP contribution in [0.5, 0.6) is 0 Å². The van der Waals surface area contributed by atoms with Gasteiger partial charge in [-0.15, -0.1) is 0 Å². The third-order valence-corrected chi connectivity index (χ3v) is 3.79. The van der Waals surface area contributed by atoms with Crippen LogP contribution < -0.4 is 0 Å². The van der Waals surface area contributed by atoms with E-state index >= 15 is 0 Å². The number of hydrogen-bond donors (Lipinski definition) is 0. The minimum absolute atomic E-state index is 0.113. The number of sulfonamides is 1. The fraction of sp³-hybridized carbons (Fsp3) is 0.500. The lowest BCUT2D eigenvalue weighted by Gasteiger charge is -2.15. The van der Waals surface area contributed by atoms with Crippen molar-refractivity contribution >= 4 is 10.0 Å². The Balaban J connectivity index is 3.07. The molecule has 0 aliphatic heterocycles. The van der Waals surface area contributed by atoms with Crippen LogP contribution in [-0.4, -0.2) is 35.6 Å². The molecule has 0 N–H and O–H groups in total. The molecule has 0 unspecified atom stereocenters. The predicted molar refractivity (Wildman–Crippen MR) is 53.3 cm³/mol. The highest BCUT2D eigenvalue weighted by atomic mass is 32.2. The summed E-state index contributed by atoms with van der Waals surface area (Å²) in [5.74, 6) is 0. The summed E-state index contributed by atoms with van der Waals surface area (Å²) in [6, 6.07) is 1.82. The summed E-state index contributed by atoms with van der Waals surface area (Å²) in [6.07, 6.45) is 2.69. The minimum Gasteiger partial charge on any atom is -0.274 e. The van der Waals surface area contributed by atoms with Crippen LogP contribution in [0.3, 0.4) is 0 Å². The smallest absolute Gasteiger partial charge is 0.247 e. The molecular weight excluding hydrogens is 216 g/mol. The molecule has 82 valence electrons. The van der Waals surface area contributed by atoms with E-state index in [1.165, 1.54) is 17.1 Å². The number of aryl methyl sites for hydroxylation is 1. The highest BCUT2D eigenvalue weighted by molar-refractivity contribution is 7.89. The van der Waals surface area contributed by atoms with Crippen LogP contribution in [0.1, 0.15) is 6.92 Å². The molecule has 0 aliphatic carbocycles.